The molecule has 5 rings (SSSR count). The van der Waals surface area contributed by atoms with Crippen molar-refractivity contribution in [2.75, 3.05) is 13.1 Å². The van der Waals surface area contributed by atoms with Gasteiger partial charge < -0.3 is 15.0 Å². The number of urea groups is 1. The number of amides is 3. The number of hydrogen-bond donors (Lipinski definition) is 1. The molecule has 0 radical (unpaired) electrons. The second-order valence-electron chi connectivity index (χ2n) is 8.51. The maximum absolute atomic E-state index is 13.6. The van der Waals surface area contributed by atoms with Crippen LogP contribution in [0.25, 0.3) is 0 Å². The first kappa shape index (κ1) is 22.4. The molecule has 0 bridgehead atoms. The highest BCUT2D eigenvalue weighted by atomic mass is 16.5. The molecule has 1 unspecified atom stereocenters. The molecule has 176 valence electrons. The molecule has 0 saturated heterocycles. The summed E-state index contributed by atoms with van der Waals surface area (Å²) in [5.41, 5.74) is 4.08. The summed E-state index contributed by atoms with van der Waals surface area (Å²) in [7, 11) is 0. The number of ether oxygens (including phenoxy) is 1. The summed E-state index contributed by atoms with van der Waals surface area (Å²) in [6.07, 6.45) is 5.12. The molecule has 3 amide bonds. The molecule has 7 heteroatoms. The van der Waals surface area contributed by atoms with Crippen molar-refractivity contribution in [3.63, 3.8) is 0 Å². The smallest absolute Gasteiger partial charge is 0.322 e. The molecular formula is C28H26N4O3. The monoisotopic (exact) mass is 466 g/mol. The average Bonchev–Trinajstić information content (AvgIpc) is 3.21. The van der Waals surface area contributed by atoms with Gasteiger partial charge in [-0.15, -0.1) is 6.58 Å². The summed E-state index contributed by atoms with van der Waals surface area (Å²) in [5, 5.41) is 3.02. The van der Waals surface area contributed by atoms with E-state index < -0.39 is 6.04 Å². The third-order valence-corrected chi connectivity index (χ3v) is 6.14. The molecule has 1 aromatic heterocycles. The Kier molecular flexibility index (Phi) is 6.30. The zero-order valence-electron chi connectivity index (χ0n) is 19.3. The number of carbonyl (C=O) groups excluding carboxylic acids is 2. The van der Waals surface area contributed by atoms with E-state index in [0.29, 0.717) is 43.3 Å². The topological polar surface area (TPSA) is 74.8 Å². The maximum atomic E-state index is 13.6. The Labute approximate surface area is 204 Å². The molecule has 0 saturated carbocycles. The fraction of sp³-hybridized carbons (Fsp3) is 0.179. The molecule has 2 aliphatic heterocycles. The van der Waals surface area contributed by atoms with Crippen LogP contribution in [0.15, 0.2) is 103 Å². The zero-order valence-corrected chi connectivity index (χ0v) is 19.3. The summed E-state index contributed by atoms with van der Waals surface area (Å²) in [6, 6.07) is 20.4. The van der Waals surface area contributed by atoms with Crippen LogP contribution in [0.2, 0.25) is 0 Å². The second-order valence-corrected chi connectivity index (χ2v) is 8.51. The molecule has 3 aromatic rings. The first-order valence-corrected chi connectivity index (χ1v) is 11.5. The lowest BCUT2D eigenvalue weighted by atomic mass is 9.95. The van der Waals surface area contributed by atoms with E-state index in [1.54, 1.807) is 28.3 Å². The van der Waals surface area contributed by atoms with Crippen molar-refractivity contribution in [1.82, 2.24) is 20.1 Å². The number of nitrogens with zero attached hydrogens (tertiary/aromatic N) is 3. The Morgan fingerprint density at radius 3 is 2.66 bits per heavy atom. The summed E-state index contributed by atoms with van der Waals surface area (Å²) < 4.78 is 5.99. The Hall–Kier alpha value is -4.39. The fourth-order valence-corrected chi connectivity index (χ4v) is 4.49. The lowest BCUT2D eigenvalue weighted by molar-refractivity contribution is -0.126. The fourth-order valence-electron chi connectivity index (χ4n) is 4.49. The first-order chi connectivity index (χ1) is 17.1. The molecule has 0 aliphatic carbocycles. The standard InChI is InChI=1S/C28H26N4O3/c1-2-14-32-24-18-31(17-21-10-7-13-29-16-21)27(33)25(24)26(30-28(32)34)22-11-6-12-23(15-22)35-19-20-8-4-3-5-9-20/h2-13,15-16,26H,1,14,17-19H2,(H,30,34). The van der Waals surface area contributed by atoms with Gasteiger partial charge in [0, 0.05) is 25.5 Å². The Morgan fingerprint density at radius 2 is 1.89 bits per heavy atom. The number of hydrogen-bond acceptors (Lipinski definition) is 4. The van der Waals surface area contributed by atoms with Gasteiger partial charge >= 0.3 is 6.03 Å². The maximum Gasteiger partial charge on any atom is 0.322 e. The molecule has 1 atom stereocenters. The van der Waals surface area contributed by atoms with Gasteiger partial charge in [0.25, 0.3) is 5.91 Å². The van der Waals surface area contributed by atoms with Crippen LogP contribution in [0.3, 0.4) is 0 Å². The molecule has 3 heterocycles. The van der Waals surface area contributed by atoms with Gasteiger partial charge in [0.05, 0.1) is 23.9 Å². The molecule has 7 nitrogen and oxygen atoms in total. The second kappa shape index (κ2) is 9.85. The summed E-state index contributed by atoms with van der Waals surface area (Å²) in [4.78, 5) is 34.1. The molecule has 0 spiro atoms. The van der Waals surface area contributed by atoms with Gasteiger partial charge in [-0.25, -0.2) is 4.79 Å². The number of aromatic nitrogens is 1. The van der Waals surface area contributed by atoms with Crippen molar-refractivity contribution in [3.05, 3.63) is 120 Å². The Balaban J connectivity index is 1.43. The van der Waals surface area contributed by atoms with Crippen molar-refractivity contribution in [2.24, 2.45) is 0 Å². The van der Waals surface area contributed by atoms with E-state index in [-0.39, 0.29) is 11.9 Å². The van der Waals surface area contributed by atoms with Crippen LogP contribution in [0, 0.1) is 0 Å². The van der Waals surface area contributed by atoms with Gasteiger partial charge in [-0.1, -0.05) is 54.6 Å². The van der Waals surface area contributed by atoms with Crippen molar-refractivity contribution in [2.45, 2.75) is 19.2 Å². The van der Waals surface area contributed by atoms with Crippen LogP contribution in [0.1, 0.15) is 22.7 Å². The lowest BCUT2D eigenvalue weighted by Gasteiger charge is -2.33. The Morgan fingerprint density at radius 1 is 1.06 bits per heavy atom. The van der Waals surface area contributed by atoms with Crippen LogP contribution in [-0.2, 0) is 17.9 Å². The van der Waals surface area contributed by atoms with Crippen molar-refractivity contribution in [3.8, 4) is 5.75 Å². The van der Waals surface area contributed by atoms with Gasteiger partial charge in [0.2, 0.25) is 0 Å². The summed E-state index contributed by atoms with van der Waals surface area (Å²) in [5.74, 6) is 0.576. The average molecular weight is 467 g/mol. The number of nitrogens with one attached hydrogen (secondary N) is 1. The minimum absolute atomic E-state index is 0.0986. The van der Waals surface area contributed by atoms with Crippen molar-refractivity contribution < 1.29 is 14.3 Å². The zero-order chi connectivity index (χ0) is 24.2. The van der Waals surface area contributed by atoms with E-state index in [1.165, 1.54) is 0 Å². The number of carbonyl (C=O) groups is 2. The van der Waals surface area contributed by atoms with E-state index in [2.05, 4.69) is 16.9 Å². The predicted molar refractivity (Wildman–Crippen MR) is 132 cm³/mol. The number of benzene rings is 2. The molecule has 2 aromatic carbocycles. The third-order valence-electron chi connectivity index (χ3n) is 6.14. The quantitative estimate of drug-likeness (QED) is 0.505. The highest BCUT2D eigenvalue weighted by Crippen LogP contribution is 2.37. The van der Waals surface area contributed by atoms with Gasteiger partial charge in [-0.3, -0.25) is 14.7 Å². The van der Waals surface area contributed by atoms with Crippen LogP contribution in [-0.4, -0.2) is 39.8 Å². The van der Waals surface area contributed by atoms with E-state index in [0.717, 1.165) is 16.7 Å². The SMILES string of the molecule is C=CCN1C(=O)NC(c2cccc(OCc3ccccc3)c2)C2=C1CN(Cc1cccnc1)C2=O. The highest BCUT2D eigenvalue weighted by molar-refractivity contribution is 6.01. The third kappa shape index (κ3) is 4.66. The van der Waals surface area contributed by atoms with E-state index in [4.69, 9.17) is 4.74 Å². The number of rotatable bonds is 8. The molecule has 35 heavy (non-hydrogen) atoms. The van der Waals surface area contributed by atoms with Crippen LogP contribution in [0.4, 0.5) is 4.79 Å². The summed E-state index contributed by atoms with van der Waals surface area (Å²) >= 11 is 0. The highest BCUT2D eigenvalue weighted by Gasteiger charge is 2.43. The van der Waals surface area contributed by atoms with E-state index >= 15 is 0 Å². The Bertz CT molecular complexity index is 1270. The molecule has 0 fully saturated rings. The lowest BCUT2D eigenvalue weighted by Crippen LogP contribution is -2.47. The van der Waals surface area contributed by atoms with Gasteiger partial charge in [0.1, 0.15) is 12.4 Å². The molecule has 2 aliphatic rings. The molecule has 1 N–H and O–H groups in total. The summed E-state index contributed by atoms with van der Waals surface area (Å²) in [6.45, 7) is 5.30. The number of pyridine rings is 1. The van der Waals surface area contributed by atoms with Crippen LogP contribution in [0.5, 0.6) is 5.75 Å². The normalized spacial score (nSPS) is 17.3. The predicted octanol–water partition coefficient (Wildman–Crippen LogP) is 4.21. The minimum atomic E-state index is -0.565. The van der Waals surface area contributed by atoms with Gasteiger partial charge in [-0.05, 0) is 34.9 Å². The van der Waals surface area contributed by atoms with E-state index in [1.807, 2.05) is 66.7 Å². The van der Waals surface area contributed by atoms with Gasteiger partial charge in [-0.2, -0.15) is 0 Å². The van der Waals surface area contributed by atoms with Crippen LogP contribution >= 0.6 is 0 Å². The van der Waals surface area contributed by atoms with E-state index in [9.17, 15) is 9.59 Å². The van der Waals surface area contributed by atoms with Crippen molar-refractivity contribution in [1.29, 1.82) is 0 Å². The molecular weight excluding hydrogens is 440 g/mol. The van der Waals surface area contributed by atoms with Crippen molar-refractivity contribution >= 4 is 11.9 Å². The van der Waals surface area contributed by atoms with Gasteiger partial charge in [0.15, 0.2) is 0 Å². The largest absolute Gasteiger partial charge is 0.489 e. The van der Waals surface area contributed by atoms with Crippen LogP contribution < -0.4 is 10.1 Å². The minimum Gasteiger partial charge on any atom is -0.489 e. The first-order valence-electron chi connectivity index (χ1n) is 11.5.